The summed E-state index contributed by atoms with van der Waals surface area (Å²) in [6.07, 6.45) is 0. The van der Waals surface area contributed by atoms with Crippen LogP contribution in [0, 0.1) is 11.8 Å². The third-order valence-corrected chi connectivity index (χ3v) is 8.12. The molecule has 0 unspecified atom stereocenters. The minimum Gasteiger partial charge on any atom is -0.272 e. The second-order valence-electron chi connectivity index (χ2n) is 8.29. The van der Waals surface area contributed by atoms with E-state index in [2.05, 4.69) is 5.43 Å². The van der Waals surface area contributed by atoms with Crippen LogP contribution in [0.25, 0.3) is 0 Å². The molecule has 4 aliphatic rings. The average Bonchev–Trinajstić information content (AvgIpc) is 3.09. The first-order chi connectivity index (χ1) is 15.4. The van der Waals surface area contributed by atoms with Gasteiger partial charge in [0.25, 0.3) is 17.7 Å². The minimum atomic E-state index is -1.27. The van der Waals surface area contributed by atoms with Crippen molar-refractivity contribution in [1.82, 2.24) is 10.4 Å². The molecule has 5 nitrogen and oxygen atoms in total. The van der Waals surface area contributed by atoms with E-state index in [1.165, 1.54) is 0 Å². The maximum atomic E-state index is 13.6. The predicted octanol–water partition coefficient (Wildman–Crippen LogP) is 3.92. The molecule has 2 atom stereocenters. The lowest BCUT2D eigenvalue weighted by atomic mass is 9.54. The van der Waals surface area contributed by atoms with Crippen molar-refractivity contribution in [3.05, 3.63) is 107 Å². The molecule has 1 fully saturated rings. The van der Waals surface area contributed by atoms with Crippen LogP contribution in [0.3, 0.4) is 0 Å². The van der Waals surface area contributed by atoms with E-state index in [1.54, 1.807) is 30.3 Å². The summed E-state index contributed by atoms with van der Waals surface area (Å²) in [6.45, 7) is 0. The predicted molar refractivity (Wildman–Crippen MR) is 119 cm³/mol. The van der Waals surface area contributed by atoms with E-state index in [9.17, 15) is 14.4 Å². The molecule has 1 aliphatic heterocycles. The van der Waals surface area contributed by atoms with Crippen molar-refractivity contribution in [1.29, 1.82) is 0 Å². The molecule has 7 rings (SSSR count). The Morgan fingerprint density at radius 1 is 0.688 bits per heavy atom. The molecule has 7 heteroatoms. The van der Waals surface area contributed by atoms with Crippen LogP contribution in [0.5, 0.6) is 0 Å². The molecule has 1 heterocycles. The Labute approximate surface area is 193 Å². The highest BCUT2D eigenvalue weighted by Crippen LogP contribution is 2.69. The molecule has 158 valence electrons. The molecule has 0 saturated carbocycles. The molecule has 32 heavy (non-hydrogen) atoms. The second-order valence-corrected chi connectivity index (χ2v) is 9.48. The number of nitrogens with one attached hydrogen (secondary N) is 1. The van der Waals surface area contributed by atoms with Gasteiger partial charge in [-0.2, -0.15) is 5.01 Å². The zero-order chi connectivity index (χ0) is 22.3. The van der Waals surface area contributed by atoms with Gasteiger partial charge in [-0.05, 0) is 34.4 Å². The maximum absolute atomic E-state index is 13.6. The molecule has 0 radical (unpaired) electrons. The Hall–Kier alpha value is -3.15. The lowest BCUT2D eigenvalue weighted by Gasteiger charge is -2.54. The van der Waals surface area contributed by atoms with Crippen molar-refractivity contribution in [3.63, 3.8) is 0 Å². The molecule has 2 bridgehead atoms. The highest BCUT2D eigenvalue weighted by molar-refractivity contribution is 6.36. The standard InChI is InChI=1S/C25H16Cl2N2O3/c26-24-15-10-4-5-11-16(15)25(27,18-13-7-6-12-17(18)24)20-19(24)22(31)29(23(20)32)28-21(30)14-8-2-1-3-9-14/h1-13,19-20H,(H,28,30)/t19-,20-,24?,25?/m1/s1. The lowest BCUT2D eigenvalue weighted by molar-refractivity contribution is -0.142. The van der Waals surface area contributed by atoms with E-state index in [0.717, 1.165) is 5.01 Å². The van der Waals surface area contributed by atoms with Crippen LogP contribution in [0.15, 0.2) is 78.9 Å². The van der Waals surface area contributed by atoms with Crippen molar-refractivity contribution in [2.45, 2.75) is 9.75 Å². The third kappa shape index (κ3) is 2.17. The normalized spacial score (nSPS) is 29.4. The Kier molecular flexibility index (Phi) is 3.93. The molecular formula is C25H16Cl2N2O3. The second kappa shape index (κ2) is 6.44. The average molecular weight is 463 g/mol. The van der Waals surface area contributed by atoms with Crippen molar-refractivity contribution in [3.8, 4) is 0 Å². The number of imide groups is 1. The first kappa shape index (κ1) is 19.5. The Balaban J connectivity index is 1.52. The van der Waals surface area contributed by atoms with E-state index in [-0.39, 0.29) is 0 Å². The summed E-state index contributed by atoms with van der Waals surface area (Å²) in [5.41, 5.74) is 5.68. The Morgan fingerprint density at radius 3 is 1.47 bits per heavy atom. The van der Waals surface area contributed by atoms with Crippen molar-refractivity contribution >= 4 is 40.9 Å². The highest BCUT2D eigenvalue weighted by atomic mass is 35.5. The first-order valence-corrected chi connectivity index (χ1v) is 11.0. The molecule has 3 aromatic carbocycles. The van der Waals surface area contributed by atoms with Gasteiger partial charge in [0.15, 0.2) is 0 Å². The number of hydrazine groups is 1. The van der Waals surface area contributed by atoms with E-state index in [1.807, 2.05) is 48.5 Å². The fourth-order valence-electron chi connectivity index (χ4n) is 5.53. The van der Waals surface area contributed by atoms with Crippen LogP contribution >= 0.6 is 23.2 Å². The fraction of sp³-hybridized carbons (Fsp3) is 0.160. The van der Waals surface area contributed by atoms with Crippen LogP contribution in [0.2, 0.25) is 0 Å². The van der Waals surface area contributed by atoms with Crippen molar-refractivity contribution in [2.24, 2.45) is 11.8 Å². The SMILES string of the molecule is O=C(NN1C(=O)[C@H]2[C@H](C1=O)C1(Cl)c3ccccc3C2(Cl)c2ccccc21)c1ccccc1. The van der Waals surface area contributed by atoms with Gasteiger partial charge in [0.05, 0.1) is 11.8 Å². The summed E-state index contributed by atoms with van der Waals surface area (Å²) < 4.78 is 0. The van der Waals surface area contributed by atoms with Crippen LogP contribution < -0.4 is 5.43 Å². The number of carbonyl (C=O) groups excluding carboxylic acids is 3. The summed E-state index contributed by atoms with van der Waals surface area (Å²) in [4.78, 5) is 37.5. The van der Waals surface area contributed by atoms with Crippen LogP contribution in [-0.4, -0.2) is 22.7 Å². The van der Waals surface area contributed by atoms with Crippen LogP contribution in [0.4, 0.5) is 0 Å². The molecule has 3 aliphatic carbocycles. The molecule has 3 amide bonds. The number of halogens is 2. The molecule has 1 saturated heterocycles. The van der Waals surface area contributed by atoms with E-state index >= 15 is 0 Å². The van der Waals surface area contributed by atoms with E-state index in [0.29, 0.717) is 27.8 Å². The summed E-state index contributed by atoms with van der Waals surface area (Å²) in [5.74, 6) is -3.58. The van der Waals surface area contributed by atoms with Gasteiger partial charge in [-0.25, -0.2) is 0 Å². The molecule has 0 aromatic heterocycles. The smallest absolute Gasteiger partial charge is 0.270 e. The number of hydrogen-bond acceptors (Lipinski definition) is 3. The van der Waals surface area contributed by atoms with Gasteiger partial charge in [-0.15, -0.1) is 23.2 Å². The summed E-state index contributed by atoms with van der Waals surface area (Å²) >= 11 is 14.7. The van der Waals surface area contributed by atoms with Gasteiger partial charge in [0.2, 0.25) is 0 Å². The zero-order valence-electron chi connectivity index (χ0n) is 16.6. The lowest BCUT2D eigenvalue weighted by Crippen LogP contribution is -2.57. The van der Waals surface area contributed by atoms with Gasteiger partial charge < -0.3 is 0 Å². The van der Waals surface area contributed by atoms with Gasteiger partial charge >= 0.3 is 0 Å². The molecule has 0 spiro atoms. The zero-order valence-corrected chi connectivity index (χ0v) is 18.1. The van der Waals surface area contributed by atoms with E-state index < -0.39 is 39.3 Å². The van der Waals surface area contributed by atoms with Crippen molar-refractivity contribution in [2.75, 3.05) is 0 Å². The van der Waals surface area contributed by atoms with E-state index in [4.69, 9.17) is 23.2 Å². The molecular weight excluding hydrogens is 447 g/mol. The Morgan fingerprint density at radius 2 is 1.06 bits per heavy atom. The van der Waals surface area contributed by atoms with Gasteiger partial charge in [0, 0.05) is 5.56 Å². The number of amides is 3. The van der Waals surface area contributed by atoms with Crippen molar-refractivity contribution < 1.29 is 14.4 Å². The maximum Gasteiger partial charge on any atom is 0.270 e. The number of carbonyl (C=O) groups is 3. The quantitative estimate of drug-likeness (QED) is 0.463. The number of alkyl halides is 2. The monoisotopic (exact) mass is 462 g/mol. The fourth-order valence-corrected chi connectivity index (χ4v) is 6.63. The Bertz CT molecular complexity index is 1200. The largest absolute Gasteiger partial charge is 0.272 e. The number of nitrogens with zero attached hydrogens (tertiary/aromatic N) is 1. The van der Waals surface area contributed by atoms with Gasteiger partial charge in [-0.1, -0.05) is 66.7 Å². The number of hydrogen-bond donors (Lipinski definition) is 1. The first-order valence-electron chi connectivity index (χ1n) is 10.2. The summed E-state index contributed by atoms with van der Waals surface area (Å²) in [6, 6.07) is 23.2. The third-order valence-electron chi connectivity index (χ3n) is 6.83. The number of benzene rings is 3. The molecule has 1 N–H and O–H groups in total. The molecule has 3 aromatic rings. The van der Waals surface area contributed by atoms with Crippen LogP contribution in [-0.2, 0) is 19.3 Å². The highest BCUT2D eigenvalue weighted by Gasteiger charge is 2.73. The van der Waals surface area contributed by atoms with Gasteiger partial charge in [-0.3, -0.25) is 19.8 Å². The summed E-state index contributed by atoms with van der Waals surface area (Å²) in [7, 11) is 0. The minimum absolute atomic E-state index is 0.332. The van der Waals surface area contributed by atoms with Gasteiger partial charge in [0.1, 0.15) is 9.75 Å². The number of rotatable bonds is 2. The topological polar surface area (TPSA) is 66.5 Å². The summed E-state index contributed by atoms with van der Waals surface area (Å²) in [5, 5.41) is 0.802. The van der Waals surface area contributed by atoms with Crippen LogP contribution in [0.1, 0.15) is 32.6 Å².